The van der Waals surface area contributed by atoms with Gasteiger partial charge in [-0.3, -0.25) is 4.79 Å². The number of likely N-dealkylation sites (tertiary alicyclic amines) is 1. The first kappa shape index (κ1) is 17.2. The number of benzene rings is 1. The van der Waals surface area contributed by atoms with Crippen LogP contribution in [0.5, 0.6) is 5.75 Å². The van der Waals surface area contributed by atoms with Crippen molar-refractivity contribution in [2.45, 2.75) is 43.5 Å². The van der Waals surface area contributed by atoms with Gasteiger partial charge in [-0.25, -0.2) is 13.1 Å². The number of hydrogen-bond acceptors (Lipinski definition) is 4. The van der Waals surface area contributed by atoms with Crippen molar-refractivity contribution in [1.29, 1.82) is 0 Å². The molecule has 1 heterocycles. The second kappa shape index (κ2) is 6.72. The van der Waals surface area contributed by atoms with E-state index in [9.17, 15) is 13.2 Å². The van der Waals surface area contributed by atoms with Gasteiger partial charge in [0, 0.05) is 24.7 Å². The van der Waals surface area contributed by atoms with Crippen molar-refractivity contribution in [1.82, 2.24) is 9.62 Å². The maximum Gasteiger partial charge on any atom is 0.253 e. The molecule has 3 rings (SSSR count). The number of hydrogen-bond donors (Lipinski definition) is 1. The molecule has 7 heteroatoms. The summed E-state index contributed by atoms with van der Waals surface area (Å²) in [6.45, 7) is 3.62. The largest absolute Gasteiger partial charge is 0.495 e. The van der Waals surface area contributed by atoms with Crippen LogP contribution >= 0.6 is 0 Å². The zero-order chi connectivity index (χ0) is 17.3. The Hall–Kier alpha value is -1.60. The number of carbonyl (C=O) groups is 1. The molecule has 1 aliphatic heterocycles. The Morgan fingerprint density at radius 1 is 1.21 bits per heavy atom. The highest BCUT2D eigenvalue weighted by molar-refractivity contribution is 7.89. The molecule has 1 aromatic rings. The third kappa shape index (κ3) is 3.72. The van der Waals surface area contributed by atoms with E-state index in [-0.39, 0.29) is 22.6 Å². The molecule has 1 amide bonds. The molecule has 0 radical (unpaired) electrons. The van der Waals surface area contributed by atoms with Gasteiger partial charge in [-0.2, -0.15) is 0 Å². The number of rotatable bonds is 5. The van der Waals surface area contributed by atoms with Gasteiger partial charge in [0.2, 0.25) is 10.0 Å². The minimum atomic E-state index is -3.68. The first-order valence-electron chi connectivity index (χ1n) is 8.40. The summed E-state index contributed by atoms with van der Waals surface area (Å²) in [7, 11) is -2.25. The van der Waals surface area contributed by atoms with Crippen LogP contribution in [0.25, 0.3) is 0 Å². The maximum absolute atomic E-state index is 12.7. The minimum absolute atomic E-state index is 0.00245. The van der Waals surface area contributed by atoms with Crippen molar-refractivity contribution in [3.63, 3.8) is 0 Å². The Morgan fingerprint density at radius 2 is 1.88 bits per heavy atom. The number of amides is 1. The van der Waals surface area contributed by atoms with Crippen LogP contribution < -0.4 is 9.46 Å². The van der Waals surface area contributed by atoms with Crippen molar-refractivity contribution >= 4 is 15.9 Å². The lowest BCUT2D eigenvalue weighted by atomic mass is 9.98. The van der Waals surface area contributed by atoms with Crippen molar-refractivity contribution in [3.05, 3.63) is 23.8 Å². The molecule has 1 aromatic carbocycles. The molecule has 0 unspecified atom stereocenters. The Labute approximate surface area is 143 Å². The zero-order valence-electron chi connectivity index (χ0n) is 14.1. The van der Waals surface area contributed by atoms with Crippen LogP contribution in [-0.4, -0.2) is 45.5 Å². The monoisotopic (exact) mass is 352 g/mol. The molecular weight excluding hydrogens is 328 g/mol. The molecule has 0 atom stereocenters. The Balaban J connectivity index is 1.86. The lowest BCUT2D eigenvalue weighted by molar-refractivity contribution is 0.0697. The fraction of sp³-hybridized carbons (Fsp3) is 0.588. The van der Waals surface area contributed by atoms with Crippen LogP contribution in [0.1, 0.15) is 43.0 Å². The quantitative estimate of drug-likeness (QED) is 0.879. The van der Waals surface area contributed by atoms with E-state index in [0.29, 0.717) is 24.6 Å². The van der Waals surface area contributed by atoms with Gasteiger partial charge in [0.1, 0.15) is 10.6 Å². The van der Waals surface area contributed by atoms with Crippen LogP contribution in [-0.2, 0) is 10.0 Å². The van der Waals surface area contributed by atoms with Crippen LogP contribution in [0.4, 0.5) is 0 Å². The summed E-state index contributed by atoms with van der Waals surface area (Å²) in [5.41, 5.74) is 0.390. The van der Waals surface area contributed by atoms with E-state index < -0.39 is 10.0 Å². The van der Waals surface area contributed by atoms with Gasteiger partial charge < -0.3 is 9.64 Å². The summed E-state index contributed by atoms with van der Waals surface area (Å²) >= 11 is 0. The normalized spacial score (nSPS) is 19.3. The van der Waals surface area contributed by atoms with Crippen LogP contribution in [0.3, 0.4) is 0 Å². The van der Waals surface area contributed by atoms with Gasteiger partial charge in [0.15, 0.2) is 0 Å². The molecule has 1 N–H and O–H groups in total. The van der Waals surface area contributed by atoms with E-state index in [1.54, 1.807) is 17.0 Å². The molecule has 132 valence electrons. The van der Waals surface area contributed by atoms with E-state index in [2.05, 4.69) is 11.6 Å². The van der Waals surface area contributed by atoms with E-state index >= 15 is 0 Å². The Morgan fingerprint density at radius 3 is 2.46 bits per heavy atom. The molecule has 1 saturated heterocycles. The zero-order valence-corrected chi connectivity index (χ0v) is 14.9. The van der Waals surface area contributed by atoms with Gasteiger partial charge in [-0.05, 0) is 49.8 Å². The first-order valence-corrected chi connectivity index (χ1v) is 9.88. The summed E-state index contributed by atoms with van der Waals surface area (Å²) in [6, 6.07) is 4.63. The van der Waals surface area contributed by atoms with E-state index in [1.165, 1.54) is 13.2 Å². The maximum atomic E-state index is 12.7. The average molecular weight is 352 g/mol. The summed E-state index contributed by atoms with van der Waals surface area (Å²) in [5, 5.41) is 0. The molecular formula is C17H24N2O4S. The van der Waals surface area contributed by atoms with Crippen molar-refractivity contribution in [3.8, 4) is 5.75 Å². The Kier molecular flexibility index (Phi) is 4.83. The van der Waals surface area contributed by atoms with Crippen molar-refractivity contribution < 1.29 is 17.9 Å². The minimum Gasteiger partial charge on any atom is -0.495 e. The number of sulfonamides is 1. The number of carbonyl (C=O) groups excluding carboxylic acids is 1. The molecule has 0 spiro atoms. The third-order valence-corrected chi connectivity index (χ3v) is 6.21. The molecule has 1 aliphatic carbocycles. The molecule has 2 fully saturated rings. The van der Waals surface area contributed by atoms with Gasteiger partial charge in [-0.1, -0.05) is 6.92 Å². The number of nitrogens with zero attached hydrogens (tertiary/aromatic N) is 1. The van der Waals surface area contributed by atoms with E-state index in [0.717, 1.165) is 25.7 Å². The lowest BCUT2D eigenvalue weighted by Crippen LogP contribution is -2.38. The fourth-order valence-electron chi connectivity index (χ4n) is 2.90. The summed E-state index contributed by atoms with van der Waals surface area (Å²) < 4.78 is 32.9. The highest BCUT2D eigenvalue weighted by Gasteiger charge is 2.31. The van der Waals surface area contributed by atoms with Crippen LogP contribution in [0.2, 0.25) is 0 Å². The lowest BCUT2D eigenvalue weighted by Gasteiger charge is -2.30. The standard InChI is InChI=1S/C17H24N2O4S/c1-12-7-9-19(10-8-12)17(20)13-3-6-15(23-2)16(11-13)24(21,22)18-14-4-5-14/h3,6,11-12,14,18H,4-5,7-10H2,1-2H3. The average Bonchev–Trinajstić information content (AvgIpc) is 3.37. The number of piperidine rings is 1. The van der Waals surface area contributed by atoms with Crippen LogP contribution in [0, 0.1) is 5.92 Å². The number of nitrogens with one attached hydrogen (secondary N) is 1. The predicted molar refractivity (Wildman–Crippen MR) is 90.6 cm³/mol. The fourth-order valence-corrected chi connectivity index (χ4v) is 4.40. The SMILES string of the molecule is COc1ccc(C(=O)N2CCC(C)CC2)cc1S(=O)(=O)NC1CC1. The predicted octanol–water partition coefficient (Wildman–Crippen LogP) is 2.01. The van der Waals surface area contributed by atoms with E-state index in [1.807, 2.05) is 0 Å². The van der Waals surface area contributed by atoms with Crippen LogP contribution in [0.15, 0.2) is 23.1 Å². The van der Waals surface area contributed by atoms with Crippen molar-refractivity contribution in [2.24, 2.45) is 5.92 Å². The van der Waals surface area contributed by atoms with Crippen molar-refractivity contribution in [2.75, 3.05) is 20.2 Å². The third-order valence-electron chi connectivity index (χ3n) is 4.67. The molecule has 0 aromatic heterocycles. The first-order chi connectivity index (χ1) is 11.4. The number of ether oxygens (including phenoxy) is 1. The summed E-state index contributed by atoms with van der Waals surface area (Å²) in [6.07, 6.45) is 3.67. The van der Waals surface area contributed by atoms with Gasteiger partial charge in [0.25, 0.3) is 5.91 Å². The van der Waals surface area contributed by atoms with E-state index in [4.69, 9.17) is 4.74 Å². The van der Waals surface area contributed by atoms with Gasteiger partial charge >= 0.3 is 0 Å². The van der Waals surface area contributed by atoms with Gasteiger partial charge in [0.05, 0.1) is 7.11 Å². The molecule has 6 nitrogen and oxygen atoms in total. The molecule has 0 bridgehead atoms. The second-order valence-electron chi connectivity index (χ2n) is 6.74. The smallest absolute Gasteiger partial charge is 0.253 e. The second-order valence-corrected chi connectivity index (χ2v) is 8.42. The topological polar surface area (TPSA) is 75.7 Å². The Bertz CT molecular complexity index is 720. The highest BCUT2D eigenvalue weighted by atomic mass is 32.2. The highest BCUT2D eigenvalue weighted by Crippen LogP contribution is 2.29. The summed E-state index contributed by atoms with van der Waals surface area (Å²) in [5.74, 6) is 0.767. The van der Waals surface area contributed by atoms with Gasteiger partial charge in [-0.15, -0.1) is 0 Å². The molecule has 24 heavy (non-hydrogen) atoms. The molecule has 1 saturated carbocycles. The summed E-state index contributed by atoms with van der Waals surface area (Å²) in [4.78, 5) is 14.5. The molecule has 2 aliphatic rings. The number of methoxy groups -OCH3 is 1.